The van der Waals surface area contributed by atoms with E-state index in [0.29, 0.717) is 5.82 Å². The maximum atomic E-state index is 8.84. The van der Waals surface area contributed by atoms with Crippen LogP contribution >= 0.6 is 0 Å². The van der Waals surface area contributed by atoms with E-state index >= 15 is 0 Å². The molecule has 17 heavy (non-hydrogen) atoms. The van der Waals surface area contributed by atoms with E-state index in [2.05, 4.69) is 23.0 Å². The van der Waals surface area contributed by atoms with Crippen LogP contribution in [-0.2, 0) is 13.6 Å². The second-order valence-electron chi connectivity index (χ2n) is 4.43. The van der Waals surface area contributed by atoms with Gasteiger partial charge in [0.15, 0.2) is 0 Å². The lowest BCUT2D eigenvalue weighted by Gasteiger charge is -2.21. The summed E-state index contributed by atoms with van der Waals surface area (Å²) in [5, 5.41) is 13.1. The fraction of sp³-hybridized carbons (Fsp3) is 0.667. The topological polar surface area (TPSA) is 70.9 Å². The SMILES string of the molecule is CCN(Cc1c(C)nn(C)c1N)CC(C)C#N. The van der Waals surface area contributed by atoms with Crippen molar-refractivity contribution in [3.8, 4) is 6.07 Å². The van der Waals surface area contributed by atoms with Gasteiger partial charge in [0.2, 0.25) is 0 Å². The van der Waals surface area contributed by atoms with Crippen molar-refractivity contribution >= 4 is 5.82 Å². The summed E-state index contributed by atoms with van der Waals surface area (Å²) in [6.07, 6.45) is 0. The van der Waals surface area contributed by atoms with Crippen LogP contribution in [0.1, 0.15) is 25.1 Å². The Kier molecular flexibility index (Phi) is 4.53. The average Bonchev–Trinajstić information content (AvgIpc) is 2.54. The standard InChI is InChI=1S/C12H21N5/c1-5-17(7-9(2)6-13)8-11-10(3)15-16(4)12(11)14/h9H,5,7-8,14H2,1-4H3. The van der Waals surface area contributed by atoms with Gasteiger partial charge in [-0.05, 0) is 20.4 Å². The predicted molar refractivity (Wildman–Crippen MR) is 68.1 cm³/mol. The lowest BCUT2D eigenvalue weighted by molar-refractivity contribution is 0.260. The Morgan fingerprint density at radius 3 is 2.65 bits per heavy atom. The summed E-state index contributed by atoms with van der Waals surface area (Å²) >= 11 is 0. The molecule has 0 aliphatic rings. The first-order valence-electron chi connectivity index (χ1n) is 5.89. The highest BCUT2D eigenvalue weighted by Gasteiger charge is 2.15. The van der Waals surface area contributed by atoms with E-state index in [1.165, 1.54) is 0 Å². The zero-order valence-electron chi connectivity index (χ0n) is 11.1. The van der Waals surface area contributed by atoms with Gasteiger partial charge in [0, 0.05) is 25.7 Å². The summed E-state index contributed by atoms with van der Waals surface area (Å²) in [6, 6.07) is 2.26. The Bertz CT molecular complexity index is 415. The lowest BCUT2D eigenvalue weighted by Crippen LogP contribution is -2.28. The second kappa shape index (κ2) is 5.69. The van der Waals surface area contributed by atoms with Gasteiger partial charge < -0.3 is 5.73 Å². The number of rotatable bonds is 5. The molecule has 0 radical (unpaired) electrons. The van der Waals surface area contributed by atoms with Gasteiger partial charge in [0.1, 0.15) is 5.82 Å². The molecule has 2 N–H and O–H groups in total. The molecule has 0 aliphatic carbocycles. The van der Waals surface area contributed by atoms with Crippen molar-refractivity contribution in [3.63, 3.8) is 0 Å². The van der Waals surface area contributed by atoms with Gasteiger partial charge in [-0.3, -0.25) is 9.58 Å². The molecule has 1 unspecified atom stereocenters. The van der Waals surface area contributed by atoms with Gasteiger partial charge in [-0.15, -0.1) is 0 Å². The summed E-state index contributed by atoms with van der Waals surface area (Å²) < 4.78 is 1.70. The number of aryl methyl sites for hydroxylation is 2. The molecule has 0 aliphatic heterocycles. The van der Waals surface area contributed by atoms with Crippen LogP contribution in [0.2, 0.25) is 0 Å². The van der Waals surface area contributed by atoms with Gasteiger partial charge in [-0.25, -0.2) is 0 Å². The molecule has 1 rings (SSSR count). The molecule has 5 heteroatoms. The summed E-state index contributed by atoms with van der Waals surface area (Å²) in [7, 11) is 1.85. The van der Waals surface area contributed by atoms with Crippen LogP contribution in [-0.4, -0.2) is 27.8 Å². The summed E-state index contributed by atoms with van der Waals surface area (Å²) in [5.41, 5.74) is 8.01. The first-order chi connectivity index (χ1) is 7.99. The van der Waals surface area contributed by atoms with Crippen molar-refractivity contribution in [2.75, 3.05) is 18.8 Å². The maximum absolute atomic E-state index is 8.84. The van der Waals surface area contributed by atoms with Gasteiger partial charge in [0.25, 0.3) is 0 Å². The summed E-state index contributed by atoms with van der Waals surface area (Å²) in [4.78, 5) is 2.22. The molecular formula is C12H21N5. The van der Waals surface area contributed by atoms with Crippen LogP contribution in [0.25, 0.3) is 0 Å². The third-order valence-electron chi connectivity index (χ3n) is 2.98. The van der Waals surface area contributed by atoms with Gasteiger partial charge in [0.05, 0.1) is 17.7 Å². The molecule has 1 heterocycles. The summed E-state index contributed by atoms with van der Waals surface area (Å²) in [5.74, 6) is 0.749. The molecule has 0 aromatic carbocycles. The highest BCUT2D eigenvalue weighted by Crippen LogP contribution is 2.17. The molecule has 1 aromatic rings. The van der Waals surface area contributed by atoms with Crippen LogP contribution in [0, 0.1) is 24.2 Å². The van der Waals surface area contributed by atoms with Crippen molar-refractivity contribution in [1.82, 2.24) is 14.7 Å². The van der Waals surface area contributed by atoms with E-state index in [0.717, 1.165) is 30.9 Å². The Morgan fingerprint density at radius 2 is 2.24 bits per heavy atom. The van der Waals surface area contributed by atoms with Crippen molar-refractivity contribution in [1.29, 1.82) is 5.26 Å². The Balaban J connectivity index is 2.78. The van der Waals surface area contributed by atoms with Crippen LogP contribution in [0.3, 0.4) is 0 Å². The number of hydrogen-bond acceptors (Lipinski definition) is 4. The minimum Gasteiger partial charge on any atom is -0.384 e. The predicted octanol–water partition coefficient (Wildman–Crippen LogP) is 1.29. The van der Waals surface area contributed by atoms with Crippen molar-refractivity contribution in [2.45, 2.75) is 27.3 Å². The zero-order chi connectivity index (χ0) is 13.0. The van der Waals surface area contributed by atoms with E-state index in [4.69, 9.17) is 11.0 Å². The second-order valence-corrected chi connectivity index (χ2v) is 4.43. The molecule has 0 fully saturated rings. The molecule has 0 saturated carbocycles. The number of aromatic nitrogens is 2. The van der Waals surface area contributed by atoms with E-state index in [1.807, 2.05) is 20.9 Å². The number of nitriles is 1. The smallest absolute Gasteiger partial charge is 0.126 e. The molecule has 0 spiro atoms. The number of nitrogens with zero attached hydrogens (tertiary/aromatic N) is 4. The minimum absolute atomic E-state index is 0.0353. The largest absolute Gasteiger partial charge is 0.384 e. The van der Waals surface area contributed by atoms with Crippen molar-refractivity contribution in [2.24, 2.45) is 13.0 Å². The Hall–Kier alpha value is -1.54. The van der Waals surface area contributed by atoms with E-state index in [1.54, 1.807) is 4.68 Å². The monoisotopic (exact) mass is 235 g/mol. The fourth-order valence-electron chi connectivity index (χ4n) is 1.87. The third kappa shape index (κ3) is 3.21. The average molecular weight is 235 g/mol. The number of hydrogen-bond donors (Lipinski definition) is 1. The fourth-order valence-corrected chi connectivity index (χ4v) is 1.87. The normalized spacial score (nSPS) is 12.7. The van der Waals surface area contributed by atoms with Crippen LogP contribution < -0.4 is 5.73 Å². The molecule has 1 aromatic heterocycles. The van der Waals surface area contributed by atoms with Crippen LogP contribution in [0.15, 0.2) is 0 Å². The molecule has 94 valence electrons. The number of nitrogen functional groups attached to an aromatic ring is 1. The van der Waals surface area contributed by atoms with Gasteiger partial charge in [-0.2, -0.15) is 10.4 Å². The Morgan fingerprint density at radius 1 is 1.59 bits per heavy atom. The lowest BCUT2D eigenvalue weighted by atomic mass is 10.1. The zero-order valence-corrected chi connectivity index (χ0v) is 11.1. The van der Waals surface area contributed by atoms with Crippen LogP contribution in [0.5, 0.6) is 0 Å². The first-order valence-corrected chi connectivity index (χ1v) is 5.89. The maximum Gasteiger partial charge on any atom is 0.126 e. The molecular weight excluding hydrogens is 214 g/mol. The molecule has 5 nitrogen and oxygen atoms in total. The Labute approximate surface area is 103 Å². The van der Waals surface area contributed by atoms with Gasteiger partial charge in [-0.1, -0.05) is 6.92 Å². The van der Waals surface area contributed by atoms with E-state index in [9.17, 15) is 0 Å². The highest BCUT2D eigenvalue weighted by molar-refractivity contribution is 5.42. The molecule has 0 amide bonds. The van der Waals surface area contributed by atoms with E-state index < -0.39 is 0 Å². The first kappa shape index (κ1) is 13.5. The minimum atomic E-state index is 0.0353. The van der Waals surface area contributed by atoms with Crippen molar-refractivity contribution in [3.05, 3.63) is 11.3 Å². The molecule has 0 saturated heterocycles. The highest BCUT2D eigenvalue weighted by atomic mass is 15.3. The van der Waals surface area contributed by atoms with Gasteiger partial charge >= 0.3 is 0 Å². The third-order valence-corrected chi connectivity index (χ3v) is 2.98. The van der Waals surface area contributed by atoms with Crippen molar-refractivity contribution < 1.29 is 0 Å². The number of anilines is 1. The van der Waals surface area contributed by atoms with Crippen LogP contribution in [0.4, 0.5) is 5.82 Å². The molecule has 0 bridgehead atoms. The number of nitrogens with two attached hydrogens (primary N) is 1. The van der Waals surface area contributed by atoms with E-state index in [-0.39, 0.29) is 5.92 Å². The molecule has 1 atom stereocenters. The quantitative estimate of drug-likeness (QED) is 0.835. The summed E-state index contributed by atoms with van der Waals surface area (Å²) in [6.45, 7) is 8.41.